The van der Waals surface area contributed by atoms with Gasteiger partial charge in [-0.25, -0.2) is 0 Å². The van der Waals surface area contributed by atoms with Crippen molar-refractivity contribution in [1.29, 1.82) is 0 Å². The molecule has 2 aliphatic rings. The molecule has 2 fully saturated rings. The Hall–Kier alpha value is -0.160. The van der Waals surface area contributed by atoms with Crippen LogP contribution in [0, 0.1) is 5.92 Å². The van der Waals surface area contributed by atoms with Gasteiger partial charge in [0.15, 0.2) is 0 Å². The topological polar surface area (TPSA) is 41.7 Å². The first-order valence-electron chi connectivity index (χ1n) is 6.43. The van der Waals surface area contributed by atoms with Gasteiger partial charge in [-0.15, -0.1) is 0 Å². The van der Waals surface area contributed by atoms with Crippen LogP contribution in [0.4, 0.5) is 0 Å². The SMILES string of the molecule is CC1CN(CC2CN(C)CCO2)CCC1N. The third-order valence-electron chi connectivity index (χ3n) is 3.86. The van der Waals surface area contributed by atoms with Gasteiger partial charge in [-0.05, 0) is 25.9 Å². The van der Waals surface area contributed by atoms with Gasteiger partial charge in [0.05, 0.1) is 12.7 Å². The molecule has 0 aliphatic carbocycles. The minimum Gasteiger partial charge on any atom is -0.374 e. The Morgan fingerprint density at radius 3 is 2.81 bits per heavy atom. The van der Waals surface area contributed by atoms with Gasteiger partial charge in [-0.3, -0.25) is 0 Å². The Morgan fingerprint density at radius 2 is 2.12 bits per heavy atom. The standard InChI is InChI=1S/C12H25N3O/c1-10-7-15(4-3-12(10)13)9-11-8-14(2)5-6-16-11/h10-12H,3-9,13H2,1-2H3. The van der Waals surface area contributed by atoms with E-state index in [0.717, 1.165) is 45.8 Å². The van der Waals surface area contributed by atoms with E-state index < -0.39 is 0 Å². The molecule has 3 atom stereocenters. The van der Waals surface area contributed by atoms with E-state index in [1.807, 2.05) is 0 Å². The normalized spacial score (nSPS) is 38.8. The molecule has 0 saturated carbocycles. The average molecular weight is 227 g/mol. The maximum Gasteiger partial charge on any atom is 0.0829 e. The van der Waals surface area contributed by atoms with Crippen molar-refractivity contribution >= 4 is 0 Å². The summed E-state index contributed by atoms with van der Waals surface area (Å²) >= 11 is 0. The van der Waals surface area contributed by atoms with Crippen LogP contribution < -0.4 is 5.73 Å². The Balaban J connectivity index is 1.76. The molecule has 16 heavy (non-hydrogen) atoms. The largest absolute Gasteiger partial charge is 0.374 e. The van der Waals surface area contributed by atoms with E-state index in [2.05, 4.69) is 23.8 Å². The molecule has 4 nitrogen and oxygen atoms in total. The predicted octanol–water partition coefficient (Wildman–Crippen LogP) is -0.0139. The number of nitrogens with zero attached hydrogens (tertiary/aromatic N) is 2. The number of piperidine rings is 1. The number of morpholine rings is 1. The minimum atomic E-state index is 0.389. The van der Waals surface area contributed by atoms with Crippen LogP contribution in [-0.4, -0.2) is 68.3 Å². The van der Waals surface area contributed by atoms with Gasteiger partial charge in [0.25, 0.3) is 0 Å². The smallest absolute Gasteiger partial charge is 0.0829 e. The van der Waals surface area contributed by atoms with Crippen LogP contribution in [0.25, 0.3) is 0 Å². The lowest BCUT2D eigenvalue weighted by Gasteiger charge is -2.39. The average Bonchev–Trinajstić information content (AvgIpc) is 2.24. The lowest BCUT2D eigenvalue weighted by atomic mass is 9.94. The van der Waals surface area contributed by atoms with Gasteiger partial charge in [0, 0.05) is 32.2 Å². The van der Waals surface area contributed by atoms with Crippen molar-refractivity contribution in [3.8, 4) is 0 Å². The molecule has 2 N–H and O–H groups in total. The summed E-state index contributed by atoms with van der Waals surface area (Å²) in [7, 11) is 2.17. The van der Waals surface area contributed by atoms with Crippen LogP contribution in [0.5, 0.6) is 0 Å². The fraction of sp³-hybridized carbons (Fsp3) is 1.00. The van der Waals surface area contributed by atoms with Gasteiger partial charge in [-0.1, -0.05) is 6.92 Å². The van der Waals surface area contributed by atoms with Gasteiger partial charge in [0.2, 0.25) is 0 Å². The second kappa shape index (κ2) is 5.45. The molecule has 0 bridgehead atoms. The Kier molecular flexibility index (Phi) is 4.19. The Labute approximate surface area is 98.7 Å². The molecule has 2 rings (SSSR count). The Bertz CT molecular complexity index is 224. The molecule has 0 aromatic carbocycles. The summed E-state index contributed by atoms with van der Waals surface area (Å²) in [6.07, 6.45) is 1.52. The van der Waals surface area contributed by atoms with Gasteiger partial charge < -0.3 is 20.3 Å². The number of ether oxygens (including phenoxy) is 1. The van der Waals surface area contributed by atoms with Crippen molar-refractivity contribution in [3.05, 3.63) is 0 Å². The maximum absolute atomic E-state index is 6.03. The number of likely N-dealkylation sites (tertiary alicyclic amines) is 1. The molecular weight excluding hydrogens is 202 g/mol. The minimum absolute atomic E-state index is 0.389. The van der Waals surface area contributed by atoms with Crippen LogP contribution in [-0.2, 0) is 4.74 Å². The van der Waals surface area contributed by atoms with Gasteiger partial charge >= 0.3 is 0 Å². The number of rotatable bonds is 2. The lowest BCUT2D eigenvalue weighted by molar-refractivity contribution is -0.0408. The van der Waals surface area contributed by atoms with Crippen LogP contribution in [0.2, 0.25) is 0 Å². The van der Waals surface area contributed by atoms with Gasteiger partial charge in [0.1, 0.15) is 0 Å². The quantitative estimate of drug-likeness (QED) is 0.720. The highest BCUT2D eigenvalue weighted by atomic mass is 16.5. The van der Waals surface area contributed by atoms with E-state index in [9.17, 15) is 0 Å². The second-order valence-electron chi connectivity index (χ2n) is 5.44. The summed E-state index contributed by atoms with van der Waals surface area (Å²) in [4.78, 5) is 4.87. The third kappa shape index (κ3) is 3.17. The predicted molar refractivity (Wildman–Crippen MR) is 65.4 cm³/mol. The molecule has 0 radical (unpaired) electrons. The fourth-order valence-electron chi connectivity index (χ4n) is 2.68. The Morgan fingerprint density at radius 1 is 1.31 bits per heavy atom. The zero-order valence-electron chi connectivity index (χ0n) is 10.6. The van der Waals surface area contributed by atoms with Crippen LogP contribution in [0.15, 0.2) is 0 Å². The van der Waals surface area contributed by atoms with Crippen molar-refractivity contribution in [1.82, 2.24) is 9.80 Å². The third-order valence-corrected chi connectivity index (χ3v) is 3.86. The van der Waals surface area contributed by atoms with Gasteiger partial charge in [-0.2, -0.15) is 0 Å². The number of hydrogen-bond donors (Lipinski definition) is 1. The molecule has 0 aromatic rings. The van der Waals surface area contributed by atoms with Crippen LogP contribution >= 0.6 is 0 Å². The molecule has 94 valence electrons. The fourth-order valence-corrected chi connectivity index (χ4v) is 2.68. The van der Waals surface area contributed by atoms with Crippen molar-refractivity contribution < 1.29 is 4.74 Å². The first kappa shape index (κ1) is 12.3. The lowest BCUT2D eigenvalue weighted by Crippen LogP contribution is -2.51. The molecule has 0 aromatic heterocycles. The molecule has 2 heterocycles. The van der Waals surface area contributed by atoms with E-state index in [0.29, 0.717) is 18.1 Å². The van der Waals surface area contributed by atoms with E-state index >= 15 is 0 Å². The zero-order chi connectivity index (χ0) is 11.5. The first-order chi connectivity index (χ1) is 7.65. The summed E-state index contributed by atoms with van der Waals surface area (Å²) in [6, 6.07) is 0.395. The number of likely N-dealkylation sites (N-methyl/N-ethyl adjacent to an activating group) is 1. The molecule has 0 spiro atoms. The van der Waals surface area contributed by atoms with E-state index in [4.69, 9.17) is 10.5 Å². The number of hydrogen-bond acceptors (Lipinski definition) is 4. The maximum atomic E-state index is 6.03. The van der Waals surface area contributed by atoms with Crippen LogP contribution in [0.1, 0.15) is 13.3 Å². The molecule has 2 aliphatic heterocycles. The first-order valence-corrected chi connectivity index (χ1v) is 6.43. The molecule has 4 heteroatoms. The molecular formula is C12H25N3O. The molecule has 0 amide bonds. The summed E-state index contributed by atoms with van der Waals surface area (Å²) in [5.41, 5.74) is 6.03. The summed E-state index contributed by atoms with van der Waals surface area (Å²) in [5, 5.41) is 0. The monoisotopic (exact) mass is 227 g/mol. The van der Waals surface area contributed by atoms with E-state index in [-0.39, 0.29) is 0 Å². The second-order valence-corrected chi connectivity index (χ2v) is 5.44. The van der Waals surface area contributed by atoms with E-state index in [1.165, 1.54) is 0 Å². The van der Waals surface area contributed by atoms with Crippen molar-refractivity contribution in [2.45, 2.75) is 25.5 Å². The highest BCUT2D eigenvalue weighted by Crippen LogP contribution is 2.16. The zero-order valence-corrected chi connectivity index (χ0v) is 10.6. The number of nitrogens with two attached hydrogens (primary N) is 1. The van der Waals surface area contributed by atoms with Crippen molar-refractivity contribution in [2.24, 2.45) is 11.7 Å². The summed E-state index contributed by atoms with van der Waals surface area (Å²) in [5.74, 6) is 0.620. The van der Waals surface area contributed by atoms with Crippen molar-refractivity contribution in [3.63, 3.8) is 0 Å². The highest BCUT2D eigenvalue weighted by Gasteiger charge is 2.26. The summed E-state index contributed by atoms with van der Waals surface area (Å²) < 4.78 is 5.80. The highest BCUT2D eigenvalue weighted by molar-refractivity contribution is 4.82. The van der Waals surface area contributed by atoms with Crippen molar-refractivity contribution in [2.75, 3.05) is 46.4 Å². The van der Waals surface area contributed by atoms with Crippen LogP contribution in [0.3, 0.4) is 0 Å². The van der Waals surface area contributed by atoms with E-state index in [1.54, 1.807) is 0 Å². The molecule has 2 saturated heterocycles. The summed E-state index contributed by atoms with van der Waals surface area (Å²) in [6.45, 7) is 8.60. The molecule has 3 unspecified atom stereocenters.